The van der Waals surface area contributed by atoms with Crippen molar-refractivity contribution in [3.05, 3.63) is 70.4 Å². The summed E-state index contributed by atoms with van der Waals surface area (Å²) < 4.78 is 42.1. The molecule has 0 radical (unpaired) electrons. The Kier molecular flexibility index (Phi) is 4.21. The summed E-state index contributed by atoms with van der Waals surface area (Å²) in [7, 11) is 0. The molecule has 1 aromatic heterocycles. The topological polar surface area (TPSA) is 42.2 Å². The maximum absolute atomic E-state index is 13.4. The Morgan fingerprint density at radius 3 is 2.52 bits per heavy atom. The van der Waals surface area contributed by atoms with E-state index in [2.05, 4.69) is 0 Å². The molecule has 2 aromatic carbocycles. The summed E-state index contributed by atoms with van der Waals surface area (Å²) in [5.41, 5.74) is 2.16. The lowest BCUT2D eigenvalue weighted by Crippen LogP contribution is -2.15. The van der Waals surface area contributed by atoms with E-state index < -0.39 is 17.7 Å². The molecule has 0 fully saturated rings. The van der Waals surface area contributed by atoms with Crippen LogP contribution in [-0.2, 0) is 25.6 Å². The molecule has 1 aliphatic rings. The van der Waals surface area contributed by atoms with Crippen LogP contribution >= 0.6 is 0 Å². The first-order chi connectivity index (χ1) is 12.9. The van der Waals surface area contributed by atoms with Crippen molar-refractivity contribution in [3.63, 3.8) is 0 Å². The second-order valence-electron chi connectivity index (χ2n) is 6.88. The van der Waals surface area contributed by atoms with Gasteiger partial charge in [0.05, 0.1) is 16.6 Å². The third-order valence-corrected chi connectivity index (χ3v) is 5.28. The molecule has 0 saturated heterocycles. The van der Waals surface area contributed by atoms with Crippen molar-refractivity contribution in [2.24, 2.45) is 0 Å². The molecule has 0 amide bonds. The average Bonchev–Trinajstić information content (AvgIpc) is 2.95. The Labute approximate surface area is 154 Å². The Balaban J connectivity index is 1.96. The third kappa shape index (κ3) is 2.99. The van der Waals surface area contributed by atoms with E-state index in [1.54, 1.807) is 16.7 Å². The van der Waals surface area contributed by atoms with Gasteiger partial charge in [0.2, 0.25) is 0 Å². The van der Waals surface area contributed by atoms with E-state index in [0.29, 0.717) is 5.52 Å². The molecule has 3 aromatic rings. The number of aryl methyl sites for hydroxylation is 1. The molecule has 1 N–H and O–H groups in total. The molecule has 1 heterocycles. The van der Waals surface area contributed by atoms with Gasteiger partial charge in [-0.15, -0.1) is 0 Å². The predicted octanol–water partition coefficient (Wildman–Crippen LogP) is 5.29. The zero-order valence-corrected chi connectivity index (χ0v) is 14.5. The second-order valence-corrected chi connectivity index (χ2v) is 6.88. The SMILES string of the molecule is O=C(O)c1cccc2c3c(n(Cc4ccccc4C(F)(F)F)c12)CCCC3. The van der Waals surface area contributed by atoms with E-state index in [-0.39, 0.29) is 17.7 Å². The van der Waals surface area contributed by atoms with Crippen molar-refractivity contribution in [3.8, 4) is 0 Å². The number of hydrogen-bond acceptors (Lipinski definition) is 1. The minimum absolute atomic E-state index is 0.00576. The second kappa shape index (κ2) is 6.44. The molecular formula is C21H18F3NO2. The molecule has 27 heavy (non-hydrogen) atoms. The normalized spacial score (nSPS) is 14.3. The Bertz CT molecular complexity index is 1030. The smallest absolute Gasteiger partial charge is 0.416 e. The lowest BCUT2D eigenvalue weighted by atomic mass is 9.95. The van der Waals surface area contributed by atoms with Crippen LogP contribution in [0.15, 0.2) is 42.5 Å². The fraction of sp³-hybridized carbons (Fsp3) is 0.286. The number of alkyl halides is 3. The first-order valence-corrected chi connectivity index (χ1v) is 8.89. The number of carboxylic acids is 1. The van der Waals surface area contributed by atoms with E-state index in [4.69, 9.17) is 0 Å². The highest BCUT2D eigenvalue weighted by Crippen LogP contribution is 2.37. The number of aromatic nitrogens is 1. The molecule has 0 unspecified atom stereocenters. The molecule has 0 saturated carbocycles. The summed E-state index contributed by atoms with van der Waals surface area (Å²) in [5.74, 6) is -1.07. The Morgan fingerprint density at radius 2 is 1.78 bits per heavy atom. The summed E-state index contributed by atoms with van der Waals surface area (Å²) in [6.45, 7) is 0.00576. The highest BCUT2D eigenvalue weighted by atomic mass is 19.4. The summed E-state index contributed by atoms with van der Waals surface area (Å²) in [6.07, 6.45) is -0.926. The Morgan fingerprint density at radius 1 is 1.04 bits per heavy atom. The van der Waals surface area contributed by atoms with E-state index in [0.717, 1.165) is 48.4 Å². The van der Waals surface area contributed by atoms with Crippen molar-refractivity contribution in [2.45, 2.75) is 38.4 Å². The fourth-order valence-corrected chi connectivity index (χ4v) is 4.14. The van der Waals surface area contributed by atoms with Gasteiger partial charge in [0.1, 0.15) is 0 Å². The number of hydrogen-bond donors (Lipinski definition) is 1. The highest BCUT2D eigenvalue weighted by Gasteiger charge is 2.33. The van der Waals surface area contributed by atoms with Crippen LogP contribution in [0.25, 0.3) is 10.9 Å². The van der Waals surface area contributed by atoms with Crippen LogP contribution < -0.4 is 0 Å². The molecule has 0 atom stereocenters. The van der Waals surface area contributed by atoms with E-state index in [9.17, 15) is 23.1 Å². The fourth-order valence-electron chi connectivity index (χ4n) is 4.14. The van der Waals surface area contributed by atoms with Crippen LogP contribution in [0.4, 0.5) is 13.2 Å². The average molecular weight is 373 g/mol. The standard InChI is InChI=1S/C21H18F3NO2/c22-21(23,24)17-10-3-1-6-13(17)12-25-18-11-4-2-7-14(18)15-8-5-9-16(19(15)25)20(26)27/h1,3,5-6,8-10H,2,4,7,11-12H2,(H,26,27). The summed E-state index contributed by atoms with van der Waals surface area (Å²) >= 11 is 0. The van der Waals surface area contributed by atoms with Crippen molar-refractivity contribution in [1.82, 2.24) is 4.57 Å². The predicted molar refractivity (Wildman–Crippen MR) is 96.1 cm³/mol. The van der Waals surface area contributed by atoms with Gasteiger partial charge in [0.15, 0.2) is 0 Å². The maximum atomic E-state index is 13.4. The first-order valence-electron chi connectivity index (χ1n) is 8.89. The minimum atomic E-state index is -4.45. The minimum Gasteiger partial charge on any atom is -0.478 e. The number of nitrogens with zero attached hydrogens (tertiary/aromatic N) is 1. The molecule has 1 aliphatic carbocycles. The van der Waals surface area contributed by atoms with Crippen molar-refractivity contribution < 1.29 is 23.1 Å². The number of aromatic carboxylic acids is 1. The number of halogens is 3. The molecule has 140 valence electrons. The van der Waals surface area contributed by atoms with Crippen molar-refractivity contribution in [2.75, 3.05) is 0 Å². The molecule has 3 nitrogen and oxygen atoms in total. The number of fused-ring (bicyclic) bond motifs is 3. The maximum Gasteiger partial charge on any atom is 0.416 e. The largest absolute Gasteiger partial charge is 0.478 e. The van der Waals surface area contributed by atoms with Gasteiger partial charge in [0.25, 0.3) is 0 Å². The van der Waals surface area contributed by atoms with Gasteiger partial charge in [-0.3, -0.25) is 0 Å². The van der Waals surface area contributed by atoms with Gasteiger partial charge < -0.3 is 9.67 Å². The molecule has 6 heteroatoms. The number of para-hydroxylation sites is 1. The van der Waals surface area contributed by atoms with E-state index in [1.807, 2.05) is 6.07 Å². The summed E-state index contributed by atoms with van der Waals surface area (Å²) in [5, 5.41) is 10.5. The number of benzene rings is 2. The van der Waals surface area contributed by atoms with Gasteiger partial charge in [-0.1, -0.05) is 30.3 Å². The van der Waals surface area contributed by atoms with Gasteiger partial charge in [-0.25, -0.2) is 4.79 Å². The molecule has 0 bridgehead atoms. The third-order valence-electron chi connectivity index (χ3n) is 5.28. The van der Waals surface area contributed by atoms with Gasteiger partial charge in [-0.05, 0) is 48.9 Å². The zero-order chi connectivity index (χ0) is 19.2. The lowest BCUT2D eigenvalue weighted by molar-refractivity contribution is -0.138. The van der Waals surface area contributed by atoms with Crippen LogP contribution in [0.5, 0.6) is 0 Å². The van der Waals surface area contributed by atoms with Crippen LogP contribution in [-0.4, -0.2) is 15.6 Å². The molecule has 0 aliphatic heterocycles. The molecular weight excluding hydrogens is 355 g/mol. The van der Waals surface area contributed by atoms with Crippen molar-refractivity contribution >= 4 is 16.9 Å². The Hall–Kier alpha value is -2.76. The number of carbonyl (C=O) groups is 1. The molecule has 4 rings (SSSR count). The van der Waals surface area contributed by atoms with Crippen molar-refractivity contribution in [1.29, 1.82) is 0 Å². The van der Waals surface area contributed by atoms with E-state index >= 15 is 0 Å². The quantitative estimate of drug-likeness (QED) is 0.678. The van der Waals surface area contributed by atoms with Crippen LogP contribution in [0.3, 0.4) is 0 Å². The first kappa shape index (κ1) is 17.6. The number of rotatable bonds is 3. The van der Waals surface area contributed by atoms with Gasteiger partial charge >= 0.3 is 12.1 Å². The van der Waals surface area contributed by atoms with Crippen LogP contribution in [0, 0.1) is 0 Å². The summed E-state index contributed by atoms with van der Waals surface area (Å²) in [6, 6.07) is 10.6. The van der Waals surface area contributed by atoms with E-state index in [1.165, 1.54) is 18.2 Å². The monoisotopic (exact) mass is 373 g/mol. The van der Waals surface area contributed by atoms with Crippen LogP contribution in [0.2, 0.25) is 0 Å². The molecule has 0 spiro atoms. The van der Waals surface area contributed by atoms with Crippen LogP contribution in [0.1, 0.15) is 45.6 Å². The highest BCUT2D eigenvalue weighted by molar-refractivity contribution is 6.04. The zero-order valence-electron chi connectivity index (χ0n) is 14.5. The lowest BCUT2D eigenvalue weighted by Gasteiger charge is -2.19. The number of carboxylic acid groups (broad SMARTS) is 1. The van der Waals surface area contributed by atoms with Gasteiger partial charge in [0, 0.05) is 17.6 Å². The summed E-state index contributed by atoms with van der Waals surface area (Å²) in [4.78, 5) is 11.8. The van der Waals surface area contributed by atoms with Gasteiger partial charge in [-0.2, -0.15) is 13.2 Å².